The monoisotopic (exact) mass is 311 g/mol. The lowest BCUT2D eigenvalue weighted by Gasteiger charge is -2.12. The zero-order valence-corrected chi connectivity index (χ0v) is 11.5. The highest BCUT2D eigenvalue weighted by molar-refractivity contribution is 7.86. The zero-order chi connectivity index (χ0) is 14.8. The second-order valence-electron chi connectivity index (χ2n) is 3.60. The van der Waals surface area contributed by atoms with Gasteiger partial charge in [-0.1, -0.05) is 0 Å². The fourth-order valence-electron chi connectivity index (χ4n) is 1.54. The molecule has 0 unspecified atom stereocenters. The van der Waals surface area contributed by atoms with E-state index < -0.39 is 30.0 Å². The third-order valence-corrected chi connectivity index (χ3v) is 4.13. The van der Waals surface area contributed by atoms with Crippen LogP contribution in [0.25, 0.3) is 0 Å². The number of hydrogen-bond donors (Lipinski definition) is 3. The van der Waals surface area contributed by atoms with Crippen LogP contribution in [0.4, 0.5) is 0 Å². The summed E-state index contributed by atoms with van der Waals surface area (Å²) in [6.45, 7) is 0.0803. The predicted molar refractivity (Wildman–Crippen MR) is 65.4 cm³/mol. The Morgan fingerprint density at radius 3 is 2.00 bits per heavy atom. The number of methoxy groups -OCH3 is 1. The van der Waals surface area contributed by atoms with Gasteiger partial charge < -0.3 is 10.5 Å². The molecular weight excluding hydrogens is 298 g/mol. The molecule has 108 valence electrons. The van der Waals surface area contributed by atoms with Crippen LogP contribution in [0.2, 0.25) is 0 Å². The van der Waals surface area contributed by atoms with E-state index in [0.29, 0.717) is 6.07 Å². The minimum Gasteiger partial charge on any atom is -0.495 e. The third kappa shape index (κ3) is 3.64. The summed E-state index contributed by atoms with van der Waals surface area (Å²) >= 11 is 0. The first-order valence-corrected chi connectivity index (χ1v) is 7.85. The van der Waals surface area contributed by atoms with Crippen LogP contribution >= 0.6 is 0 Å². The standard InChI is InChI=1S/C9H13NO7S2/c1-17-7-4-6(2-3-10)8(18(11,12)13)5-9(7)19(14,15)16/h4-5H,2-3,10H2,1H3,(H,11,12,13)(H,14,15,16). The van der Waals surface area contributed by atoms with E-state index in [-0.39, 0.29) is 24.3 Å². The molecule has 0 aliphatic rings. The van der Waals surface area contributed by atoms with Crippen molar-refractivity contribution in [2.45, 2.75) is 16.2 Å². The summed E-state index contributed by atoms with van der Waals surface area (Å²) in [5.41, 5.74) is 5.40. The average Bonchev–Trinajstić information content (AvgIpc) is 2.25. The number of nitrogens with two attached hydrogens (primary N) is 1. The molecule has 19 heavy (non-hydrogen) atoms. The number of ether oxygens (including phenoxy) is 1. The maximum Gasteiger partial charge on any atom is 0.298 e. The molecule has 10 heteroatoms. The van der Waals surface area contributed by atoms with Gasteiger partial charge in [0, 0.05) is 0 Å². The molecule has 0 aliphatic carbocycles. The Hall–Kier alpha value is -1.20. The molecular formula is C9H13NO7S2. The molecule has 0 fully saturated rings. The van der Waals surface area contributed by atoms with Gasteiger partial charge in [-0.3, -0.25) is 9.11 Å². The van der Waals surface area contributed by atoms with Gasteiger partial charge in [0.25, 0.3) is 20.2 Å². The molecule has 0 atom stereocenters. The van der Waals surface area contributed by atoms with Gasteiger partial charge in [-0.15, -0.1) is 0 Å². The molecule has 4 N–H and O–H groups in total. The summed E-state index contributed by atoms with van der Waals surface area (Å²) in [7, 11) is -8.19. The van der Waals surface area contributed by atoms with E-state index in [1.165, 1.54) is 0 Å². The van der Waals surface area contributed by atoms with Gasteiger partial charge in [0.15, 0.2) is 0 Å². The largest absolute Gasteiger partial charge is 0.495 e. The molecule has 1 rings (SSSR count). The van der Waals surface area contributed by atoms with Crippen molar-refractivity contribution in [3.05, 3.63) is 17.7 Å². The quantitative estimate of drug-likeness (QED) is 0.628. The van der Waals surface area contributed by atoms with Crippen molar-refractivity contribution in [1.82, 2.24) is 0 Å². The molecule has 0 bridgehead atoms. The van der Waals surface area contributed by atoms with Crippen molar-refractivity contribution < 1.29 is 30.7 Å². The predicted octanol–water partition coefficient (Wildman–Crippen LogP) is -0.310. The van der Waals surface area contributed by atoms with Crippen LogP contribution in [-0.2, 0) is 26.7 Å². The van der Waals surface area contributed by atoms with Crippen molar-refractivity contribution in [3.8, 4) is 5.75 Å². The van der Waals surface area contributed by atoms with Crippen LogP contribution < -0.4 is 10.5 Å². The Kier molecular flexibility index (Phi) is 4.53. The Balaban J connectivity index is 3.72. The Morgan fingerprint density at radius 2 is 1.63 bits per heavy atom. The average molecular weight is 311 g/mol. The third-order valence-electron chi connectivity index (χ3n) is 2.32. The summed E-state index contributed by atoms with van der Waals surface area (Å²) in [5, 5.41) is 0. The van der Waals surface area contributed by atoms with Gasteiger partial charge in [-0.25, -0.2) is 0 Å². The lowest BCUT2D eigenvalue weighted by atomic mass is 10.1. The fourth-order valence-corrected chi connectivity index (χ4v) is 3.03. The second kappa shape index (κ2) is 5.43. The number of rotatable bonds is 5. The molecule has 0 radical (unpaired) electrons. The molecule has 0 saturated heterocycles. The Bertz CT molecular complexity index is 679. The van der Waals surface area contributed by atoms with Gasteiger partial charge in [-0.2, -0.15) is 16.8 Å². The molecule has 1 aromatic carbocycles. The highest BCUT2D eigenvalue weighted by atomic mass is 32.2. The molecule has 1 aromatic rings. The van der Waals surface area contributed by atoms with E-state index in [0.717, 1.165) is 13.2 Å². The minimum atomic E-state index is -4.69. The van der Waals surface area contributed by atoms with Crippen molar-refractivity contribution in [3.63, 3.8) is 0 Å². The lowest BCUT2D eigenvalue weighted by Crippen LogP contribution is -2.12. The Morgan fingerprint density at radius 1 is 1.11 bits per heavy atom. The van der Waals surface area contributed by atoms with E-state index in [2.05, 4.69) is 0 Å². The van der Waals surface area contributed by atoms with Crippen molar-refractivity contribution >= 4 is 20.2 Å². The maximum atomic E-state index is 11.2. The summed E-state index contributed by atoms with van der Waals surface area (Å²) in [6.07, 6.45) is 0.0806. The van der Waals surface area contributed by atoms with E-state index >= 15 is 0 Å². The fraction of sp³-hybridized carbons (Fsp3) is 0.333. The van der Waals surface area contributed by atoms with Gasteiger partial charge in [0.05, 0.1) is 12.0 Å². The van der Waals surface area contributed by atoms with Crippen LogP contribution in [-0.4, -0.2) is 39.6 Å². The molecule has 0 aromatic heterocycles. The number of hydrogen-bond acceptors (Lipinski definition) is 6. The van der Waals surface area contributed by atoms with Crippen LogP contribution in [0.3, 0.4) is 0 Å². The molecule has 0 aliphatic heterocycles. The topological polar surface area (TPSA) is 144 Å². The Labute approximate surface area is 110 Å². The maximum absolute atomic E-state index is 11.2. The van der Waals surface area contributed by atoms with Crippen LogP contribution in [0.5, 0.6) is 5.75 Å². The van der Waals surface area contributed by atoms with Crippen LogP contribution in [0.1, 0.15) is 5.56 Å². The van der Waals surface area contributed by atoms with Gasteiger partial charge in [0.1, 0.15) is 10.6 Å². The van der Waals surface area contributed by atoms with Crippen molar-refractivity contribution in [1.29, 1.82) is 0 Å². The van der Waals surface area contributed by atoms with Gasteiger partial charge >= 0.3 is 0 Å². The zero-order valence-electron chi connectivity index (χ0n) is 9.90. The highest BCUT2D eigenvalue weighted by Gasteiger charge is 2.24. The van der Waals surface area contributed by atoms with Crippen LogP contribution in [0, 0.1) is 0 Å². The van der Waals surface area contributed by atoms with Crippen LogP contribution in [0.15, 0.2) is 21.9 Å². The summed E-state index contributed by atoms with van der Waals surface area (Å²) in [4.78, 5) is -1.38. The molecule has 0 saturated carbocycles. The smallest absolute Gasteiger partial charge is 0.298 e. The van der Waals surface area contributed by atoms with E-state index in [9.17, 15) is 16.8 Å². The molecule has 0 heterocycles. The highest BCUT2D eigenvalue weighted by Crippen LogP contribution is 2.30. The first-order chi connectivity index (χ1) is 8.61. The lowest BCUT2D eigenvalue weighted by molar-refractivity contribution is 0.396. The normalized spacial score (nSPS) is 12.4. The summed E-state index contributed by atoms with van der Waals surface area (Å²) in [5.74, 6) is -0.238. The first-order valence-electron chi connectivity index (χ1n) is 4.97. The first kappa shape index (κ1) is 15.9. The van der Waals surface area contributed by atoms with Crippen molar-refractivity contribution in [2.24, 2.45) is 5.73 Å². The van der Waals surface area contributed by atoms with Gasteiger partial charge in [-0.05, 0) is 30.7 Å². The second-order valence-corrected chi connectivity index (χ2v) is 6.38. The van der Waals surface area contributed by atoms with Gasteiger partial charge in [0.2, 0.25) is 0 Å². The van der Waals surface area contributed by atoms with Crippen molar-refractivity contribution in [2.75, 3.05) is 13.7 Å². The molecule has 0 amide bonds. The molecule has 0 spiro atoms. The summed E-state index contributed by atoms with van der Waals surface area (Å²) in [6, 6.07) is 1.73. The van der Waals surface area contributed by atoms with E-state index in [1.807, 2.05) is 0 Å². The minimum absolute atomic E-state index is 0.0803. The SMILES string of the molecule is COc1cc(CCN)c(S(=O)(=O)O)cc1S(=O)(=O)O. The number of benzene rings is 1. The molecule has 8 nitrogen and oxygen atoms in total. The van der Waals surface area contributed by atoms with E-state index in [4.69, 9.17) is 19.6 Å². The summed E-state index contributed by atoms with van der Waals surface area (Å²) < 4.78 is 67.5. The van der Waals surface area contributed by atoms with E-state index in [1.54, 1.807) is 0 Å².